The molecule has 7 aliphatic rings. The molecule has 72 heavy (non-hydrogen) atoms. The van der Waals surface area contributed by atoms with Crippen LogP contribution in [0.1, 0.15) is 105 Å². The maximum Gasteiger partial charge on any atom is 0.297 e. The number of aliphatic hydroxyl groups is 1. The van der Waals surface area contributed by atoms with Gasteiger partial charge in [0.05, 0.1) is 52.5 Å². The summed E-state index contributed by atoms with van der Waals surface area (Å²) in [6, 6.07) is 20.7. The minimum Gasteiger partial charge on any atom is -0.489 e. The van der Waals surface area contributed by atoms with Crippen LogP contribution >= 0.6 is 0 Å². The summed E-state index contributed by atoms with van der Waals surface area (Å²) in [5.74, 6) is -0.387. The zero-order valence-corrected chi connectivity index (χ0v) is 41.4. The lowest BCUT2D eigenvalue weighted by molar-refractivity contribution is -0.384. The van der Waals surface area contributed by atoms with Crippen LogP contribution in [0.3, 0.4) is 0 Å². The minimum atomic E-state index is -4.71. The van der Waals surface area contributed by atoms with Gasteiger partial charge in [-0.15, -0.1) is 0 Å². The predicted octanol–water partition coefficient (Wildman–Crippen LogP) is 8.62. The molecule has 2 saturated carbocycles. The van der Waals surface area contributed by atoms with E-state index in [1.165, 1.54) is 36.5 Å². The molecule has 4 N–H and O–H groups in total. The lowest BCUT2D eigenvalue weighted by atomic mass is 9.59. The van der Waals surface area contributed by atoms with E-state index >= 15 is 0 Å². The molecule has 0 radical (unpaired) electrons. The minimum absolute atomic E-state index is 0.0105. The topological polar surface area (TPSA) is 205 Å². The van der Waals surface area contributed by atoms with Crippen molar-refractivity contribution in [1.82, 2.24) is 19.6 Å². The van der Waals surface area contributed by atoms with Gasteiger partial charge in [-0.1, -0.05) is 36.4 Å². The Hall–Kier alpha value is -6.21. The second-order valence-corrected chi connectivity index (χ2v) is 23.0. The molecule has 2 aromatic heterocycles. The zero-order valence-electron chi connectivity index (χ0n) is 40.6. The Kier molecular flexibility index (Phi) is 12.0. The standard InChI is InChI=1S/C54H62N8O9S/c1-32(2)39-6-3-4-7-40(39)43-8-5-20-60(43)36-28-54(29-36)17-21-59(22-18-54)35-11-14-41(44(25-35)61-46-24-34-15-19-55-51(34)57-53(46)71-48-16-23-69-31-47(48)61)52(64)58-72(67,68)38-26-45(62(65)66)50-49(27-38)70-30-42(56-50)33-9-12-37(63)13-10-33/h3-4,6-7,11,14-15,19,24-27,33,36-37,42-43,47-48,56,63H,1,5,8-10,12-13,16-18,20-23,28-31H2,2H3,(H,55,57)(H,58,64)/t33?,37?,42-,43+,47+,48-/m1/s1. The number of allylic oxidation sites excluding steroid dienone is 1. The highest BCUT2D eigenvalue weighted by Crippen LogP contribution is 2.55. The number of nitro groups is 1. The molecule has 17 nitrogen and oxygen atoms in total. The van der Waals surface area contributed by atoms with Gasteiger partial charge in [-0.25, -0.2) is 13.1 Å². The van der Waals surface area contributed by atoms with E-state index in [0.717, 1.165) is 74.5 Å². The van der Waals surface area contributed by atoms with Crippen molar-refractivity contribution in [2.45, 2.75) is 119 Å². The summed E-state index contributed by atoms with van der Waals surface area (Å²) in [5.41, 5.74) is 6.36. The maximum absolute atomic E-state index is 14.8. The van der Waals surface area contributed by atoms with Crippen LogP contribution in [0, 0.1) is 21.4 Å². The fourth-order valence-corrected chi connectivity index (χ4v) is 14.1. The van der Waals surface area contributed by atoms with E-state index < -0.39 is 31.4 Å². The number of aromatic nitrogens is 2. The number of benzene rings is 3. The molecule has 0 bridgehead atoms. The summed E-state index contributed by atoms with van der Waals surface area (Å²) >= 11 is 0. The number of nitrogens with one attached hydrogen (secondary N) is 3. The summed E-state index contributed by atoms with van der Waals surface area (Å²) in [4.78, 5) is 41.4. The monoisotopic (exact) mass is 998 g/mol. The van der Waals surface area contributed by atoms with Gasteiger partial charge in [-0.05, 0) is 130 Å². The van der Waals surface area contributed by atoms with Gasteiger partial charge in [0.1, 0.15) is 24.0 Å². The van der Waals surface area contributed by atoms with E-state index in [1.54, 1.807) is 12.3 Å². The Bertz CT molecular complexity index is 3070. The van der Waals surface area contributed by atoms with Gasteiger partial charge >= 0.3 is 0 Å². The van der Waals surface area contributed by atoms with Crippen molar-refractivity contribution in [1.29, 1.82) is 0 Å². The van der Waals surface area contributed by atoms with Crippen molar-refractivity contribution in [2.75, 3.05) is 54.6 Å². The molecule has 5 aliphatic heterocycles. The number of hydrogen-bond acceptors (Lipinski definition) is 14. The third-order valence-corrected chi connectivity index (χ3v) is 18.3. The fraction of sp³-hybridized carbons (Fsp3) is 0.481. The number of pyridine rings is 1. The van der Waals surface area contributed by atoms with Crippen molar-refractivity contribution in [2.24, 2.45) is 11.3 Å². The quantitative estimate of drug-likeness (QED) is 0.0764. The summed E-state index contributed by atoms with van der Waals surface area (Å²) in [6.07, 6.45) is 11.2. The van der Waals surface area contributed by atoms with E-state index in [9.17, 15) is 28.4 Å². The molecule has 0 unspecified atom stereocenters. The highest BCUT2D eigenvalue weighted by Gasteiger charge is 2.50. The second kappa shape index (κ2) is 18.4. The number of aromatic amines is 1. The Labute approximate surface area is 419 Å². The molecular weight excluding hydrogens is 937 g/mol. The summed E-state index contributed by atoms with van der Waals surface area (Å²) < 4.78 is 49.7. The largest absolute Gasteiger partial charge is 0.489 e. The SMILES string of the molecule is C=C(C)c1ccccc1[C@@H]1CCCN1C1CC2(CCN(c3ccc(C(=O)NS(=O)(=O)c4cc5c(c([N+](=O)[O-])c4)N[C@@H](C4CCC(O)CC4)CO5)c(N4c5cc6cc[nH]c6nc5O[C@@H]5CCOC[C@@H]54)c3)CC2)C1. The van der Waals surface area contributed by atoms with E-state index in [4.69, 9.17) is 19.2 Å². The number of hydrogen-bond donors (Lipinski definition) is 4. The summed E-state index contributed by atoms with van der Waals surface area (Å²) in [6.45, 7) is 10.1. The third kappa shape index (κ3) is 8.42. The number of aliphatic hydroxyl groups excluding tert-OH is 1. The molecule has 2 aliphatic carbocycles. The molecule has 12 rings (SSSR count). The number of sulfonamides is 1. The van der Waals surface area contributed by atoms with Gasteiger partial charge in [-0.3, -0.25) is 19.8 Å². The number of nitrogens with zero attached hydrogens (tertiary/aromatic N) is 5. The highest BCUT2D eigenvalue weighted by molar-refractivity contribution is 7.90. The molecule has 378 valence electrons. The van der Waals surface area contributed by atoms with E-state index in [2.05, 4.69) is 62.6 Å². The van der Waals surface area contributed by atoms with E-state index in [1.807, 2.05) is 29.2 Å². The van der Waals surface area contributed by atoms with Crippen molar-refractivity contribution in [3.63, 3.8) is 0 Å². The van der Waals surface area contributed by atoms with Gasteiger partial charge < -0.3 is 39.4 Å². The van der Waals surface area contributed by atoms with Crippen LogP contribution in [0.2, 0.25) is 0 Å². The first kappa shape index (κ1) is 46.8. The van der Waals surface area contributed by atoms with Crippen LogP contribution in [0.25, 0.3) is 16.6 Å². The van der Waals surface area contributed by atoms with Gasteiger partial charge in [0.15, 0.2) is 11.4 Å². The third-order valence-electron chi connectivity index (χ3n) is 17.0. The number of fused-ring (bicyclic) bond motifs is 4. The molecule has 5 aromatic rings. The number of likely N-dealkylation sites (tertiary alicyclic amines) is 1. The molecule has 1 amide bonds. The van der Waals surface area contributed by atoms with Crippen LogP contribution in [0.15, 0.2) is 84.4 Å². The van der Waals surface area contributed by atoms with E-state index in [0.29, 0.717) is 67.5 Å². The van der Waals surface area contributed by atoms with Crippen LogP contribution in [0.5, 0.6) is 11.6 Å². The number of carbonyl (C=O) groups excluding carboxylic acids is 1. The zero-order chi connectivity index (χ0) is 49.5. The lowest BCUT2D eigenvalue weighted by Gasteiger charge is -2.56. The second-order valence-electron chi connectivity index (χ2n) is 21.3. The average molecular weight is 999 g/mol. The smallest absolute Gasteiger partial charge is 0.297 e. The number of rotatable bonds is 10. The molecule has 7 heterocycles. The first-order valence-corrected chi connectivity index (χ1v) is 27.2. The van der Waals surface area contributed by atoms with Gasteiger partial charge in [0.2, 0.25) is 5.88 Å². The van der Waals surface area contributed by atoms with E-state index in [-0.39, 0.29) is 59.2 Å². The highest BCUT2D eigenvalue weighted by atomic mass is 32.2. The summed E-state index contributed by atoms with van der Waals surface area (Å²) in [7, 11) is -4.71. The van der Waals surface area contributed by atoms with Crippen LogP contribution < -0.4 is 29.3 Å². The van der Waals surface area contributed by atoms with Crippen molar-refractivity contribution < 1.29 is 37.5 Å². The maximum atomic E-state index is 14.8. The predicted molar refractivity (Wildman–Crippen MR) is 274 cm³/mol. The number of ether oxygens (including phenoxy) is 3. The number of piperidine rings is 1. The van der Waals surface area contributed by atoms with Crippen molar-refractivity contribution >= 4 is 61.0 Å². The molecule has 3 aromatic carbocycles. The number of anilines is 4. The molecule has 5 fully saturated rings. The number of H-pyrrole nitrogens is 1. The van der Waals surface area contributed by atoms with Crippen LogP contribution in [-0.2, 0) is 14.8 Å². The van der Waals surface area contributed by atoms with Crippen LogP contribution in [0.4, 0.5) is 28.4 Å². The van der Waals surface area contributed by atoms with Crippen LogP contribution in [-0.4, -0.2) is 109 Å². The van der Waals surface area contributed by atoms with Crippen molar-refractivity contribution in [3.05, 3.63) is 106 Å². The van der Waals surface area contributed by atoms with Gasteiger partial charge in [-0.2, -0.15) is 4.98 Å². The molecular formula is C54H62N8O9S. The molecule has 4 atom stereocenters. The Balaban J connectivity index is 0.835. The van der Waals surface area contributed by atoms with Gasteiger partial charge in [0, 0.05) is 61.0 Å². The average Bonchev–Trinajstić information content (AvgIpc) is 4.06. The van der Waals surface area contributed by atoms with Crippen molar-refractivity contribution in [3.8, 4) is 11.6 Å². The first-order chi connectivity index (χ1) is 34.8. The lowest BCUT2D eigenvalue weighted by Crippen LogP contribution is -2.55. The normalized spacial score (nSPS) is 26.1. The van der Waals surface area contributed by atoms with Gasteiger partial charge in [0.25, 0.3) is 21.6 Å². The molecule has 3 saturated heterocycles. The molecule has 18 heteroatoms. The number of nitro benzene ring substituents is 1. The first-order valence-electron chi connectivity index (χ1n) is 25.7. The summed E-state index contributed by atoms with van der Waals surface area (Å²) in [5, 5.41) is 26.7. The Morgan fingerprint density at radius 1 is 0.958 bits per heavy atom. The Morgan fingerprint density at radius 3 is 2.56 bits per heavy atom. The molecule has 1 spiro atoms. The number of amides is 1. The Morgan fingerprint density at radius 2 is 1.76 bits per heavy atom. The number of carbonyl (C=O) groups is 1. The fourth-order valence-electron chi connectivity index (χ4n) is 13.1.